The number of hydrogen-bond acceptors (Lipinski definition) is 4. The molecule has 0 saturated carbocycles. The third-order valence-corrected chi connectivity index (χ3v) is 4.54. The van der Waals surface area contributed by atoms with Crippen LogP contribution in [0.5, 0.6) is 0 Å². The molecule has 0 spiro atoms. The molecule has 6 nitrogen and oxygen atoms in total. The van der Waals surface area contributed by atoms with Crippen LogP contribution in [-0.4, -0.2) is 53.0 Å². The molecule has 6 heteroatoms. The Morgan fingerprint density at radius 1 is 1.00 bits per heavy atom. The molecule has 0 bridgehead atoms. The number of morpholine rings is 1. The Morgan fingerprint density at radius 3 is 2.26 bits per heavy atom. The van der Waals surface area contributed by atoms with E-state index in [0.717, 1.165) is 5.56 Å². The number of nitrogens with zero attached hydrogens (tertiary/aromatic N) is 1. The number of carboxylic acid groups (broad SMARTS) is 1. The van der Waals surface area contributed by atoms with Crippen molar-refractivity contribution in [2.24, 2.45) is 0 Å². The summed E-state index contributed by atoms with van der Waals surface area (Å²) < 4.78 is 5.36. The van der Waals surface area contributed by atoms with Gasteiger partial charge >= 0.3 is 5.97 Å². The number of aryl methyl sites for hydroxylation is 1. The number of carbonyl (C=O) groups is 3. The van der Waals surface area contributed by atoms with E-state index in [4.69, 9.17) is 4.74 Å². The van der Waals surface area contributed by atoms with Crippen molar-refractivity contribution in [1.82, 2.24) is 4.90 Å². The van der Waals surface area contributed by atoms with E-state index in [1.807, 2.05) is 19.1 Å². The normalized spacial score (nSPS) is 19.6. The number of ether oxygens (including phenoxy) is 1. The Balaban J connectivity index is 1.91. The average Bonchev–Trinajstić information content (AvgIpc) is 2.67. The topological polar surface area (TPSA) is 83.9 Å². The van der Waals surface area contributed by atoms with Crippen LogP contribution in [0.4, 0.5) is 0 Å². The second-order valence-electron chi connectivity index (χ2n) is 6.72. The van der Waals surface area contributed by atoms with Crippen LogP contribution in [0.1, 0.15) is 38.8 Å². The highest BCUT2D eigenvalue weighted by atomic mass is 16.5. The number of rotatable bonds is 4. The van der Waals surface area contributed by atoms with E-state index in [-0.39, 0.29) is 30.3 Å². The maximum Gasteiger partial charge on any atom is 0.334 e. The number of carboxylic acids is 1. The summed E-state index contributed by atoms with van der Waals surface area (Å²) in [6.45, 7) is 3.88. The van der Waals surface area contributed by atoms with E-state index in [2.05, 4.69) is 0 Å². The second kappa shape index (κ2) is 7.72. The van der Waals surface area contributed by atoms with E-state index in [9.17, 15) is 19.5 Å². The third kappa shape index (κ3) is 4.06. The molecule has 1 aliphatic heterocycles. The van der Waals surface area contributed by atoms with Crippen LogP contribution in [0.3, 0.4) is 0 Å². The number of carbonyl (C=O) groups excluding carboxylic acids is 2. The summed E-state index contributed by atoms with van der Waals surface area (Å²) in [5.74, 6) is -1.72. The van der Waals surface area contributed by atoms with Gasteiger partial charge in [-0.1, -0.05) is 48.0 Å². The Labute approximate surface area is 157 Å². The molecule has 0 aliphatic carbocycles. The van der Waals surface area contributed by atoms with Crippen LogP contribution >= 0.6 is 0 Å². The summed E-state index contributed by atoms with van der Waals surface area (Å²) in [4.78, 5) is 38.7. The number of hydrogen-bond donors (Lipinski definition) is 1. The van der Waals surface area contributed by atoms with E-state index in [1.54, 1.807) is 43.3 Å². The summed E-state index contributed by atoms with van der Waals surface area (Å²) in [5, 5.41) is 9.22. The number of amides is 1. The molecular weight excluding hydrogens is 346 g/mol. The largest absolute Gasteiger partial charge is 0.479 e. The lowest BCUT2D eigenvalue weighted by Gasteiger charge is -2.35. The van der Waals surface area contributed by atoms with Crippen molar-refractivity contribution in [2.45, 2.75) is 26.1 Å². The summed E-state index contributed by atoms with van der Waals surface area (Å²) in [7, 11) is 0. The number of ketones is 1. The van der Waals surface area contributed by atoms with Crippen LogP contribution in [-0.2, 0) is 9.53 Å². The van der Waals surface area contributed by atoms with Crippen molar-refractivity contribution < 1.29 is 24.2 Å². The molecule has 140 valence electrons. The molecule has 1 fully saturated rings. The van der Waals surface area contributed by atoms with Crippen molar-refractivity contribution >= 4 is 17.7 Å². The third-order valence-electron chi connectivity index (χ3n) is 4.54. The van der Waals surface area contributed by atoms with Crippen LogP contribution < -0.4 is 0 Å². The first-order chi connectivity index (χ1) is 12.9. The van der Waals surface area contributed by atoms with Gasteiger partial charge in [-0.15, -0.1) is 0 Å². The van der Waals surface area contributed by atoms with Gasteiger partial charge in [0.15, 0.2) is 11.9 Å². The first-order valence-electron chi connectivity index (χ1n) is 8.74. The van der Waals surface area contributed by atoms with Crippen molar-refractivity contribution in [3.8, 4) is 0 Å². The molecule has 0 aromatic heterocycles. The van der Waals surface area contributed by atoms with Gasteiger partial charge in [0.05, 0.1) is 18.2 Å². The molecule has 1 N–H and O–H groups in total. The smallest absolute Gasteiger partial charge is 0.334 e. The molecule has 2 aromatic rings. The predicted octanol–water partition coefficient (Wildman–Crippen LogP) is 2.54. The van der Waals surface area contributed by atoms with E-state index >= 15 is 0 Å². The first kappa shape index (κ1) is 18.8. The number of benzene rings is 2. The Morgan fingerprint density at radius 2 is 1.63 bits per heavy atom. The highest BCUT2D eigenvalue weighted by Gasteiger charge is 2.34. The quantitative estimate of drug-likeness (QED) is 0.840. The Kier molecular flexibility index (Phi) is 5.37. The Hall–Kier alpha value is -2.99. The highest BCUT2D eigenvalue weighted by molar-refractivity contribution is 6.15. The SMILES string of the molecule is Cc1ccc(C(=O)c2ccccc2C(=O)N2CC(C(=O)O)O[C@H](C)C2)cc1. The van der Waals surface area contributed by atoms with Crippen LogP contribution in [0, 0.1) is 6.92 Å². The van der Waals surface area contributed by atoms with E-state index in [0.29, 0.717) is 11.1 Å². The molecular formula is C21H21NO5. The maximum absolute atomic E-state index is 13.0. The van der Waals surface area contributed by atoms with E-state index < -0.39 is 18.2 Å². The summed E-state index contributed by atoms with van der Waals surface area (Å²) >= 11 is 0. The molecule has 3 rings (SSSR count). The zero-order valence-electron chi connectivity index (χ0n) is 15.2. The lowest BCUT2D eigenvalue weighted by molar-refractivity contribution is -0.160. The van der Waals surface area contributed by atoms with Gasteiger partial charge < -0.3 is 14.7 Å². The van der Waals surface area contributed by atoms with Gasteiger partial charge in [0, 0.05) is 17.7 Å². The molecule has 1 saturated heterocycles. The highest BCUT2D eigenvalue weighted by Crippen LogP contribution is 2.20. The van der Waals surface area contributed by atoms with Crippen molar-refractivity contribution in [2.75, 3.05) is 13.1 Å². The molecule has 1 amide bonds. The fraction of sp³-hybridized carbons (Fsp3) is 0.286. The molecule has 2 aromatic carbocycles. The standard InChI is InChI=1S/C21H21NO5/c1-13-7-9-15(10-8-13)19(23)16-5-3-4-6-17(16)20(24)22-11-14(2)27-18(12-22)21(25)26/h3-10,14,18H,11-12H2,1-2H3,(H,25,26)/t14-,18?/m1/s1. The van der Waals surface area contributed by atoms with Crippen LogP contribution in [0.15, 0.2) is 48.5 Å². The van der Waals surface area contributed by atoms with Gasteiger partial charge in [-0.25, -0.2) is 4.79 Å². The first-order valence-corrected chi connectivity index (χ1v) is 8.74. The lowest BCUT2D eigenvalue weighted by Crippen LogP contribution is -2.52. The van der Waals surface area contributed by atoms with Gasteiger partial charge in [0.1, 0.15) is 0 Å². The fourth-order valence-corrected chi connectivity index (χ4v) is 3.15. The zero-order chi connectivity index (χ0) is 19.6. The van der Waals surface area contributed by atoms with E-state index in [1.165, 1.54) is 4.90 Å². The second-order valence-corrected chi connectivity index (χ2v) is 6.72. The monoisotopic (exact) mass is 367 g/mol. The molecule has 1 unspecified atom stereocenters. The molecule has 0 radical (unpaired) electrons. The minimum Gasteiger partial charge on any atom is -0.479 e. The van der Waals surface area contributed by atoms with Gasteiger partial charge in [0.25, 0.3) is 5.91 Å². The van der Waals surface area contributed by atoms with Gasteiger partial charge in [0.2, 0.25) is 0 Å². The summed E-state index contributed by atoms with van der Waals surface area (Å²) in [5.41, 5.74) is 2.11. The van der Waals surface area contributed by atoms with Crippen molar-refractivity contribution in [1.29, 1.82) is 0 Å². The van der Waals surface area contributed by atoms with Crippen molar-refractivity contribution in [3.63, 3.8) is 0 Å². The zero-order valence-corrected chi connectivity index (χ0v) is 15.2. The lowest BCUT2D eigenvalue weighted by atomic mass is 9.96. The molecule has 1 aliphatic rings. The van der Waals surface area contributed by atoms with Crippen LogP contribution in [0.2, 0.25) is 0 Å². The maximum atomic E-state index is 13.0. The Bertz CT molecular complexity index is 874. The van der Waals surface area contributed by atoms with Gasteiger partial charge in [-0.2, -0.15) is 0 Å². The molecule has 1 heterocycles. The molecule has 27 heavy (non-hydrogen) atoms. The van der Waals surface area contributed by atoms with Gasteiger partial charge in [-0.3, -0.25) is 9.59 Å². The minimum absolute atomic E-state index is 0.0500. The fourth-order valence-electron chi connectivity index (χ4n) is 3.15. The molecule has 2 atom stereocenters. The van der Waals surface area contributed by atoms with Crippen molar-refractivity contribution in [3.05, 3.63) is 70.8 Å². The number of aliphatic carboxylic acids is 1. The predicted molar refractivity (Wildman–Crippen MR) is 98.9 cm³/mol. The van der Waals surface area contributed by atoms with Crippen LogP contribution in [0.25, 0.3) is 0 Å². The average molecular weight is 367 g/mol. The summed E-state index contributed by atoms with van der Waals surface area (Å²) in [6.07, 6.45) is -1.47. The summed E-state index contributed by atoms with van der Waals surface area (Å²) in [6, 6.07) is 13.8. The minimum atomic E-state index is -1.11. The van der Waals surface area contributed by atoms with Gasteiger partial charge in [-0.05, 0) is 19.9 Å².